The van der Waals surface area contributed by atoms with Crippen LogP contribution in [0.3, 0.4) is 0 Å². The maximum atomic E-state index is 4.82. The van der Waals surface area contributed by atoms with Crippen molar-refractivity contribution in [3.63, 3.8) is 0 Å². The first-order chi connectivity index (χ1) is 11.4. The molecule has 0 spiro atoms. The minimum atomic E-state index is 0.535. The molecule has 23 heavy (non-hydrogen) atoms. The Balaban J connectivity index is 1.67. The zero-order valence-electron chi connectivity index (χ0n) is 12.6. The van der Waals surface area contributed by atoms with Crippen LogP contribution < -0.4 is 10.2 Å². The highest BCUT2D eigenvalue weighted by atomic mass is 16.5. The van der Waals surface area contributed by atoms with Gasteiger partial charge in [-0.3, -0.25) is 0 Å². The smallest absolute Gasteiger partial charge is 0.229 e. The van der Waals surface area contributed by atoms with Crippen LogP contribution in [0.2, 0.25) is 0 Å². The van der Waals surface area contributed by atoms with Crippen LogP contribution in [0, 0.1) is 0 Å². The fourth-order valence-corrected chi connectivity index (χ4v) is 2.88. The number of anilines is 4. The summed E-state index contributed by atoms with van der Waals surface area (Å²) in [5, 5.41) is 6.77. The number of nitrogens with one attached hydrogen (secondary N) is 1. The standard InChI is InChI=1S/C17H17N5O/c1-2-7-15-13(5-1)6-3-4-10-22(15)16-8-9-18-17(21-16)20-14-11-19-23-12-14/h1-2,5,7-9,11-12H,3-4,6,10H2,(H,18,20,21). The number of nitrogens with zero attached hydrogens (tertiary/aromatic N) is 4. The third-order valence-corrected chi connectivity index (χ3v) is 3.97. The Kier molecular flexibility index (Phi) is 3.63. The number of hydrogen-bond donors (Lipinski definition) is 1. The van der Waals surface area contributed by atoms with Crippen LogP contribution in [-0.4, -0.2) is 21.7 Å². The second-order valence-electron chi connectivity index (χ2n) is 5.51. The first kappa shape index (κ1) is 13.8. The molecule has 0 amide bonds. The Bertz CT molecular complexity index is 787. The number of hydrogen-bond acceptors (Lipinski definition) is 6. The number of benzene rings is 1. The molecule has 0 fully saturated rings. The SMILES string of the molecule is c1ccc2c(c1)CCCCN2c1ccnc(Nc2cnoc2)n1. The van der Waals surface area contributed by atoms with Gasteiger partial charge in [0.25, 0.3) is 0 Å². The van der Waals surface area contributed by atoms with Crippen molar-refractivity contribution in [3.05, 3.63) is 54.6 Å². The third kappa shape index (κ3) is 2.88. The highest BCUT2D eigenvalue weighted by molar-refractivity contribution is 5.65. The van der Waals surface area contributed by atoms with Crippen LogP contribution in [0.15, 0.2) is 53.5 Å². The lowest BCUT2D eigenvalue weighted by atomic mass is 10.1. The van der Waals surface area contributed by atoms with Gasteiger partial charge in [-0.2, -0.15) is 4.98 Å². The van der Waals surface area contributed by atoms with Crippen molar-refractivity contribution in [3.8, 4) is 0 Å². The Morgan fingerprint density at radius 3 is 3.00 bits per heavy atom. The molecule has 3 aromatic rings. The molecule has 2 aromatic heterocycles. The van der Waals surface area contributed by atoms with E-state index in [1.165, 1.54) is 23.9 Å². The number of fused-ring (bicyclic) bond motifs is 1. The average molecular weight is 307 g/mol. The lowest BCUT2D eigenvalue weighted by molar-refractivity contribution is 0.420. The van der Waals surface area contributed by atoms with E-state index >= 15 is 0 Å². The molecular weight excluding hydrogens is 290 g/mol. The van der Waals surface area contributed by atoms with Crippen LogP contribution in [0.25, 0.3) is 0 Å². The molecule has 0 unspecified atom stereocenters. The fraction of sp³-hybridized carbons (Fsp3) is 0.235. The van der Waals surface area contributed by atoms with Gasteiger partial charge in [0.1, 0.15) is 17.8 Å². The van der Waals surface area contributed by atoms with Gasteiger partial charge in [-0.15, -0.1) is 0 Å². The van der Waals surface area contributed by atoms with E-state index in [1.54, 1.807) is 12.4 Å². The van der Waals surface area contributed by atoms with Gasteiger partial charge in [-0.05, 0) is 37.0 Å². The van der Waals surface area contributed by atoms with Crippen LogP contribution in [-0.2, 0) is 6.42 Å². The molecule has 6 nitrogen and oxygen atoms in total. The lowest BCUT2D eigenvalue weighted by Gasteiger charge is -2.24. The molecular formula is C17H17N5O. The van der Waals surface area contributed by atoms with Crippen LogP contribution >= 0.6 is 0 Å². The van der Waals surface area contributed by atoms with Crippen molar-refractivity contribution in [2.75, 3.05) is 16.8 Å². The first-order valence-corrected chi connectivity index (χ1v) is 7.75. The van der Waals surface area contributed by atoms with Crippen molar-refractivity contribution < 1.29 is 4.52 Å². The van der Waals surface area contributed by atoms with Crippen molar-refractivity contribution in [1.29, 1.82) is 0 Å². The zero-order chi connectivity index (χ0) is 15.5. The molecule has 0 bridgehead atoms. The van der Waals surface area contributed by atoms with E-state index in [0.29, 0.717) is 5.95 Å². The summed E-state index contributed by atoms with van der Waals surface area (Å²) in [4.78, 5) is 11.2. The molecule has 0 radical (unpaired) electrons. The van der Waals surface area contributed by atoms with E-state index in [2.05, 4.69) is 49.6 Å². The van der Waals surface area contributed by atoms with Crippen molar-refractivity contribution in [2.45, 2.75) is 19.3 Å². The van der Waals surface area contributed by atoms with Crippen LogP contribution in [0.5, 0.6) is 0 Å². The third-order valence-electron chi connectivity index (χ3n) is 3.97. The first-order valence-electron chi connectivity index (χ1n) is 7.75. The van der Waals surface area contributed by atoms with Crippen molar-refractivity contribution >= 4 is 23.1 Å². The summed E-state index contributed by atoms with van der Waals surface area (Å²) in [5.74, 6) is 1.43. The van der Waals surface area contributed by atoms with E-state index in [9.17, 15) is 0 Å². The van der Waals surface area contributed by atoms with Gasteiger partial charge in [-0.1, -0.05) is 23.4 Å². The van der Waals surface area contributed by atoms with E-state index in [0.717, 1.165) is 30.9 Å². The molecule has 6 heteroatoms. The number of para-hydroxylation sites is 1. The van der Waals surface area contributed by atoms with Crippen LogP contribution in [0.4, 0.5) is 23.1 Å². The highest BCUT2D eigenvalue weighted by Crippen LogP contribution is 2.31. The number of aryl methyl sites for hydroxylation is 1. The molecule has 0 saturated carbocycles. The van der Waals surface area contributed by atoms with Crippen molar-refractivity contribution in [2.24, 2.45) is 0 Å². The minimum Gasteiger partial charge on any atom is -0.363 e. The second kappa shape index (κ2) is 6.08. The quantitative estimate of drug-likeness (QED) is 0.796. The fourth-order valence-electron chi connectivity index (χ4n) is 2.88. The van der Waals surface area contributed by atoms with Gasteiger partial charge in [0.05, 0.1) is 6.20 Å². The van der Waals surface area contributed by atoms with E-state index in [1.807, 2.05) is 6.07 Å². The summed E-state index contributed by atoms with van der Waals surface area (Å²) in [5.41, 5.74) is 3.34. The predicted octanol–water partition coefficient (Wildman–Crippen LogP) is 3.68. The van der Waals surface area contributed by atoms with Gasteiger partial charge >= 0.3 is 0 Å². The maximum absolute atomic E-state index is 4.82. The Hall–Kier alpha value is -2.89. The molecule has 1 aliphatic heterocycles. The van der Waals surface area contributed by atoms with Crippen LogP contribution in [0.1, 0.15) is 18.4 Å². The topological polar surface area (TPSA) is 67.1 Å². The van der Waals surface area contributed by atoms with E-state index in [4.69, 9.17) is 4.52 Å². The summed E-state index contributed by atoms with van der Waals surface area (Å²) in [6.45, 7) is 0.959. The zero-order valence-corrected chi connectivity index (χ0v) is 12.6. The monoisotopic (exact) mass is 307 g/mol. The normalized spacial score (nSPS) is 14.2. The van der Waals surface area contributed by atoms with E-state index in [-0.39, 0.29) is 0 Å². The summed E-state index contributed by atoms with van der Waals surface area (Å²) < 4.78 is 4.82. The molecule has 0 aliphatic carbocycles. The summed E-state index contributed by atoms with van der Waals surface area (Å²) in [6.07, 6.45) is 8.35. The Morgan fingerprint density at radius 2 is 2.09 bits per heavy atom. The molecule has 4 rings (SSSR count). The molecule has 1 aliphatic rings. The lowest BCUT2D eigenvalue weighted by Crippen LogP contribution is -2.19. The molecule has 116 valence electrons. The molecule has 0 atom stereocenters. The molecule has 3 heterocycles. The summed E-state index contributed by atoms with van der Waals surface area (Å²) in [6, 6.07) is 10.5. The van der Waals surface area contributed by atoms with Gasteiger partial charge in [0, 0.05) is 18.4 Å². The summed E-state index contributed by atoms with van der Waals surface area (Å²) in [7, 11) is 0. The maximum Gasteiger partial charge on any atom is 0.229 e. The molecule has 1 N–H and O–H groups in total. The second-order valence-corrected chi connectivity index (χ2v) is 5.51. The van der Waals surface area contributed by atoms with Gasteiger partial charge in [0.15, 0.2) is 0 Å². The van der Waals surface area contributed by atoms with Crippen molar-refractivity contribution in [1.82, 2.24) is 15.1 Å². The van der Waals surface area contributed by atoms with Gasteiger partial charge in [0.2, 0.25) is 5.95 Å². The largest absolute Gasteiger partial charge is 0.363 e. The number of rotatable bonds is 3. The van der Waals surface area contributed by atoms with Gasteiger partial charge < -0.3 is 14.7 Å². The number of aromatic nitrogens is 3. The summed E-state index contributed by atoms with van der Waals surface area (Å²) >= 11 is 0. The molecule has 1 aromatic carbocycles. The highest BCUT2D eigenvalue weighted by Gasteiger charge is 2.17. The average Bonchev–Trinajstić information content (AvgIpc) is 2.99. The molecule has 0 saturated heterocycles. The Labute approximate surface area is 134 Å². The predicted molar refractivity (Wildman–Crippen MR) is 88.2 cm³/mol. The van der Waals surface area contributed by atoms with Gasteiger partial charge in [-0.25, -0.2) is 4.98 Å². The Morgan fingerprint density at radius 1 is 1.13 bits per heavy atom. The minimum absolute atomic E-state index is 0.535. The van der Waals surface area contributed by atoms with E-state index < -0.39 is 0 Å².